The van der Waals surface area contributed by atoms with Crippen molar-refractivity contribution in [2.75, 3.05) is 31.5 Å². The quantitative estimate of drug-likeness (QED) is 0.713. The van der Waals surface area contributed by atoms with Crippen molar-refractivity contribution in [3.05, 3.63) is 28.8 Å². The molecule has 3 aliphatic rings. The Labute approximate surface area is 162 Å². The molecule has 0 bridgehead atoms. The largest absolute Gasteiger partial charge is 0.454 e. The maximum atomic E-state index is 12.9. The highest BCUT2D eigenvalue weighted by molar-refractivity contribution is 7.99. The summed E-state index contributed by atoms with van der Waals surface area (Å²) >= 11 is 8.13. The lowest BCUT2D eigenvalue weighted by Crippen LogP contribution is -2.43. The van der Waals surface area contributed by atoms with Crippen molar-refractivity contribution in [2.45, 2.75) is 31.4 Å². The van der Waals surface area contributed by atoms with Crippen molar-refractivity contribution in [2.24, 2.45) is 0 Å². The van der Waals surface area contributed by atoms with E-state index in [1.54, 1.807) is 18.2 Å². The van der Waals surface area contributed by atoms with Crippen LogP contribution in [0.15, 0.2) is 18.2 Å². The Hall–Kier alpha value is -1.37. The number of rotatable bonds is 5. The summed E-state index contributed by atoms with van der Waals surface area (Å²) in [6.07, 6.45) is 6.75. The second kappa shape index (κ2) is 8.11. The molecule has 0 radical (unpaired) electrons. The molecule has 1 amide bonds. The van der Waals surface area contributed by atoms with Gasteiger partial charge < -0.3 is 19.1 Å². The van der Waals surface area contributed by atoms with Crippen molar-refractivity contribution >= 4 is 35.3 Å². The molecular weight excluding hydrogens is 374 g/mol. The SMILES string of the molecule is O=C(C=Cc1cc(Cl)c2c(c1)OCO2)N(CC1CCCO1)C1CCSC1. The molecule has 5 nitrogen and oxygen atoms in total. The third-order valence-electron chi connectivity index (χ3n) is 4.92. The van der Waals surface area contributed by atoms with Gasteiger partial charge in [0, 0.05) is 31.0 Å². The van der Waals surface area contributed by atoms with Gasteiger partial charge in [0.1, 0.15) is 0 Å². The van der Waals surface area contributed by atoms with Crippen molar-refractivity contribution in [3.63, 3.8) is 0 Å². The highest BCUT2D eigenvalue weighted by Gasteiger charge is 2.29. The average Bonchev–Trinajstić information content (AvgIpc) is 3.39. The summed E-state index contributed by atoms with van der Waals surface area (Å²) in [6, 6.07) is 3.92. The van der Waals surface area contributed by atoms with E-state index in [4.69, 9.17) is 25.8 Å². The summed E-state index contributed by atoms with van der Waals surface area (Å²) in [5.41, 5.74) is 0.825. The summed E-state index contributed by atoms with van der Waals surface area (Å²) < 4.78 is 16.5. The average molecular weight is 396 g/mol. The molecule has 3 heterocycles. The molecule has 140 valence electrons. The number of ether oxygens (including phenoxy) is 3. The number of benzene rings is 1. The molecule has 2 unspecified atom stereocenters. The van der Waals surface area contributed by atoms with Crippen LogP contribution < -0.4 is 9.47 Å². The van der Waals surface area contributed by atoms with Crippen molar-refractivity contribution in [1.82, 2.24) is 4.90 Å². The normalized spacial score (nSPS) is 24.5. The van der Waals surface area contributed by atoms with Gasteiger partial charge in [-0.25, -0.2) is 0 Å². The predicted octanol–water partition coefficient (Wildman–Crippen LogP) is 3.60. The Bertz CT molecular complexity index is 699. The van der Waals surface area contributed by atoms with E-state index in [2.05, 4.69) is 0 Å². The van der Waals surface area contributed by atoms with E-state index in [1.807, 2.05) is 22.7 Å². The van der Waals surface area contributed by atoms with Gasteiger partial charge in [0.05, 0.1) is 11.1 Å². The van der Waals surface area contributed by atoms with Gasteiger partial charge in [-0.2, -0.15) is 11.8 Å². The van der Waals surface area contributed by atoms with Crippen LogP contribution in [-0.2, 0) is 9.53 Å². The van der Waals surface area contributed by atoms with Gasteiger partial charge in [-0.05, 0) is 48.8 Å². The maximum absolute atomic E-state index is 12.9. The molecule has 1 aromatic rings. The number of halogens is 1. The van der Waals surface area contributed by atoms with Gasteiger partial charge in [-0.3, -0.25) is 4.79 Å². The van der Waals surface area contributed by atoms with Crippen LogP contribution in [0.3, 0.4) is 0 Å². The number of hydrogen-bond acceptors (Lipinski definition) is 5. The molecule has 7 heteroatoms. The van der Waals surface area contributed by atoms with Crippen molar-refractivity contribution in [3.8, 4) is 11.5 Å². The second-order valence-corrected chi connectivity index (χ2v) is 8.27. The zero-order chi connectivity index (χ0) is 17.9. The molecule has 0 aliphatic carbocycles. The standard InChI is InChI=1S/C19H22ClNO4S/c20-16-8-13(9-17-19(16)25-12-24-17)3-4-18(22)21(14-5-7-26-11-14)10-15-2-1-6-23-15/h3-4,8-9,14-15H,1-2,5-7,10-12H2. The summed E-state index contributed by atoms with van der Waals surface area (Å²) in [6.45, 7) is 1.66. The Morgan fingerprint density at radius 2 is 2.27 bits per heavy atom. The number of nitrogens with zero attached hydrogens (tertiary/aromatic N) is 1. The molecule has 2 atom stereocenters. The maximum Gasteiger partial charge on any atom is 0.246 e. The zero-order valence-electron chi connectivity index (χ0n) is 14.5. The fourth-order valence-corrected chi connectivity index (χ4v) is 5.04. The first-order chi connectivity index (χ1) is 12.7. The predicted molar refractivity (Wildman–Crippen MR) is 103 cm³/mol. The van der Waals surface area contributed by atoms with Gasteiger partial charge in [-0.15, -0.1) is 0 Å². The number of amides is 1. The number of thioether (sulfide) groups is 1. The summed E-state index contributed by atoms with van der Waals surface area (Å²) in [7, 11) is 0. The van der Waals surface area contributed by atoms with E-state index in [0.29, 0.717) is 29.1 Å². The van der Waals surface area contributed by atoms with Crippen LogP contribution in [0.1, 0.15) is 24.8 Å². The minimum absolute atomic E-state index is 0.0294. The number of carbonyl (C=O) groups excluding carboxylic acids is 1. The first-order valence-electron chi connectivity index (χ1n) is 8.98. The Morgan fingerprint density at radius 3 is 3.04 bits per heavy atom. The number of carbonyl (C=O) groups is 1. The first kappa shape index (κ1) is 18.0. The van der Waals surface area contributed by atoms with Crippen LogP contribution in [0.25, 0.3) is 6.08 Å². The Balaban J connectivity index is 1.48. The van der Waals surface area contributed by atoms with E-state index in [1.165, 1.54) is 0 Å². The van der Waals surface area contributed by atoms with Crippen molar-refractivity contribution < 1.29 is 19.0 Å². The molecule has 0 N–H and O–H groups in total. The van der Waals surface area contributed by atoms with Crippen LogP contribution in [-0.4, -0.2) is 54.4 Å². The molecule has 2 saturated heterocycles. The third kappa shape index (κ3) is 3.97. The van der Waals surface area contributed by atoms with Gasteiger partial charge in [0.2, 0.25) is 12.7 Å². The van der Waals surface area contributed by atoms with Crippen molar-refractivity contribution in [1.29, 1.82) is 0 Å². The van der Waals surface area contributed by atoms with E-state index >= 15 is 0 Å². The summed E-state index contributed by atoms with van der Waals surface area (Å²) in [5.74, 6) is 3.33. The Kier molecular flexibility index (Phi) is 5.62. The molecule has 0 aromatic heterocycles. The van der Waals surface area contributed by atoms with Gasteiger partial charge in [0.25, 0.3) is 0 Å². The topological polar surface area (TPSA) is 48.0 Å². The van der Waals surface area contributed by atoms with Gasteiger partial charge >= 0.3 is 0 Å². The smallest absolute Gasteiger partial charge is 0.246 e. The fraction of sp³-hybridized carbons (Fsp3) is 0.526. The first-order valence-corrected chi connectivity index (χ1v) is 10.5. The minimum Gasteiger partial charge on any atom is -0.454 e. The van der Waals surface area contributed by atoms with Crippen LogP contribution in [0.4, 0.5) is 0 Å². The van der Waals surface area contributed by atoms with Gasteiger partial charge in [0.15, 0.2) is 11.5 Å². The molecule has 2 fully saturated rings. The lowest BCUT2D eigenvalue weighted by atomic mass is 10.1. The highest BCUT2D eigenvalue weighted by atomic mass is 35.5. The molecule has 0 saturated carbocycles. The van der Waals surface area contributed by atoms with E-state index < -0.39 is 0 Å². The molecule has 26 heavy (non-hydrogen) atoms. The molecule has 3 aliphatic heterocycles. The minimum atomic E-state index is 0.0294. The highest BCUT2D eigenvalue weighted by Crippen LogP contribution is 2.40. The number of fused-ring (bicyclic) bond motifs is 1. The summed E-state index contributed by atoms with van der Waals surface area (Å²) in [5, 5.41) is 0.496. The van der Waals surface area contributed by atoms with E-state index in [0.717, 1.165) is 42.9 Å². The molecule has 0 spiro atoms. The molecular formula is C19H22ClNO4S. The third-order valence-corrected chi connectivity index (χ3v) is 6.35. The lowest BCUT2D eigenvalue weighted by molar-refractivity contribution is -0.129. The Morgan fingerprint density at radius 1 is 1.35 bits per heavy atom. The molecule has 1 aromatic carbocycles. The molecule has 4 rings (SSSR count). The summed E-state index contributed by atoms with van der Waals surface area (Å²) in [4.78, 5) is 14.9. The number of hydrogen-bond donors (Lipinski definition) is 0. The van der Waals surface area contributed by atoms with Crippen LogP contribution >= 0.6 is 23.4 Å². The van der Waals surface area contributed by atoms with E-state index in [-0.39, 0.29) is 18.8 Å². The van der Waals surface area contributed by atoms with E-state index in [9.17, 15) is 4.79 Å². The monoisotopic (exact) mass is 395 g/mol. The van der Waals surface area contributed by atoms with Gasteiger partial charge in [-0.1, -0.05) is 11.6 Å². The van der Waals surface area contributed by atoms with Crippen LogP contribution in [0, 0.1) is 0 Å². The lowest BCUT2D eigenvalue weighted by Gasteiger charge is -2.29. The van der Waals surface area contributed by atoms with Crippen LogP contribution in [0.2, 0.25) is 5.02 Å². The second-order valence-electron chi connectivity index (χ2n) is 6.71. The fourth-order valence-electron chi connectivity index (χ4n) is 3.54. The van der Waals surface area contributed by atoms with Crippen LogP contribution in [0.5, 0.6) is 11.5 Å². The zero-order valence-corrected chi connectivity index (χ0v) is 16.1.